The van der Waals surface area contributed by atoms with Crippen molar-refractivity contribution in [2.45, 2.75) is 6.92 Å². The number of halogens is 2. The molecule has 0 saturated carbocycles. The second-order valence-corrected chi connectivity index (χ2v) is 6.01. The molecule has 4 nitrogen and oxygen atoms in total. The number of hydrogen-bond donors (Lipinski definition) is 0. The second-order valence-electron chi connectivity index (χ2n) is 5.17. The number of ketones is 1. The standard InChI is InChI=1S/C18H13Cl2N2O2/c1-11-16(17(23)14-9-8-12(19)10-15(14)20)18(22(2)21-11)24-13-6-4-3-5-7-13/h3-6,8-10H,1-2H3. The fraction of sp³-hybridized carbons (Fsp3) is 0.111. The van der Waals surface area contributed by atoms with Gasteiger partial charge < -0.3 is 4.74 Å². The average molecular weight is 360 g/mol. The number of carbonyl (C=O) groups excluding carboxylic acids is 1. The first-order valence-electron chi connectivity index (χ1n) is 7.15. The van der Waals surface area contributed by atoms with Crippen LogP contribution >= 0.6 is 23.2 Å². The van der Waals surface area contributed by atoms with Gasteiger partial charge in [-0.05, 0) is 31.2 Å². The van der Waals surface area contributed by atoms with Gasteiger partial charge in [0.15, 0.2) is 0 Å². The van der Waals surface area contributed by atoms with Gasteiger partial charge in [-0.1, -0.05) is 41.4 Å². The maximum absolute atomic E-state index is 13.0. The summed E-state index contributed by atoms with van der Waals surface area (Å²) in [5.41, 5.74) is 1.26. The molecule has 0 fully saturated rings. The largest absolute Gasteiger partial charge is 0.438 e. The summed E-state index contributed by atoms with van der Waals surface area (Å²) in [7, 11) is 1.71. The van der Waals surface area contributed by atoms with Crippen LogP contribution in [0, 0.1) is 13.0 Å². The zero-order valence-electron chi connectivity index (χ0n) is 13.0. The maximum Gasteiger partial charge on any atom is 0.229 e. The van der Waals surface area contributed by atoms with E-state index in [0.717, 1.165) is 0 Å². The van der Waals surface area contributed by atoms with E-state index in [-0.39, 0.29) is 10.8 Å². The van der Waals surface area contributed by atoms with Crippen molar-refractivity contribution < 1.29 is 9.53 Å². The van der Waals surface area contributed by atoms with E-state index in [1.807, 2.05) is 12.1 Å². The van der Waals surface area contributed by atoms with Gasteiger partial charge in [-0.15, -0.1) is 0 Å². The molecule has 0 spiro atoms. The van der Waals surface area contributed by atoms with Crippen molar-refractivity contribution in [1.82, 2.24) is 9.78 Å². The fourth-order valence-corrected chi connectivity index (χ4v) is 2.86. The number of aromatic nitrogens is 2. The first kappa shape index (κ1) is 16.6. The van der Waals surface area contributed by atoms with E-state index in [2.05, 4.69) is 11.2 Å². The molecule has 3 rings (SSSR count). The van der Waals surface area contributed by atoms with Gasteiger partial charge in [-0.2, -0.15) is 5.10 Å². The smallest absolute Gasteiger partial charge is 0.229 e. The highest BCUT2D eigenvalue weighted by molar-refractivity contribution is 6.37. The molecular formula is C18H13Cl2N2O2. The van der Waals surface area contributed by atoms with Crippen molar-refractivity contribution in [3.63, 3.8) is 0 Å². The highest BCUT2D eigenvalue weighted by Crippen LogP contribution is 2.31. The lowest BCUT2D eigenvalue weighted by Gasteiger charge is -2.09. The van der Waals surface area contributed by atoms with Crippen molar-refractivity contribution in [2.24, 2.45) is 7.05 Å². The van der Waals surface area contributed by atoms with Gasteiger partial charge in [-0.3, -0.25) is 4.79 Å². The van der Waals surface area contributed by atoms with E-state index in [0.29, 0.717) is 33.5 Å². The third-order valence-electron chi connectivity index (χ3n) is 3.46. The molecule has 121 valence electrons. The van der Waals surface area contributed by atoms with Crippen LogP contribution in [0.25, 0.3) is 0 Å². The molecule has 1 radical (unpaired) electrons. The fourth-order valence-electron chi connectivity index (χ4n) is 2.37. The van der Waals surface area contributed by atoms with Crippen LogP contribution in [0.2, 0.25) is 10.0 Å². The zero-order valence-corrected chi connectivity index (χ0v) is 14.5. The number of ether oxygens (including phenoxy) is 1. The van der Waals surface area contributed by atoms with Gasteiger partial charge in [0.05, 0.1) is 10.7 Å². The number of hydrogen-bond acceptors (Lipinski definition) is 3. The topological polar surface area (TPSA) is 44.1 Å². The minimum absolute atomic E-state index is 0.270. The third kappa shape index (κ3) is 3.16. The monoisotopic (exact) mass is 359 g/mol. The molecule has 6 heteroatoms. The van der Waals surface area contributed by atoms with Crippen LogP contribution in [0.4, 0.5) is 0 Å². The van der Waals surface area contributed by atoms with Gasteiger partial charge in [0.2, 0.25) is 11.7 Å². The Balaban J connectivity index is 2.06. The average Bonchev–Trinajstić information content (AvgIpc) is 2.81. The number of benzene rings is 2. The highest BCUT2D eigenvalue weighted by Gasteiger charge is 2.25. The summed E-state index contributed by atoms with van der Waals surface area (Å²) < 4.78 is 7.34. The highest BCUT2D eigenvalue weighted by atomic mass is 35.5. The first-order chi connectivity index (χ1) is 11.5. The molecule has 0 bridgehead atoms. The lowest BCUT2D eigenvalue weighted by molar-refractivity contribution is 0.103. The van der Waals surface area contributed by atoms with Crippen LogP contribution < -0.4 is 4.74 Å². The molecule has 0 atom stereocenters. The predicted molar refractivity (Wildman–Crippen MR) is 93.2 cm³/mol. The van der Waals surface area contributed by atoms with Gasteiger partial charge in [0, 0.05) is 23.7 Å². The molecule has 3 aromatic rings. The van der Waals surface area contributed by atoms with E-state index in [1.165, 1.54) is 10.7 Å². The SMILES string of the molecule is Cc1nn(C)c(Oc2[c]cccc2)c1C(=O)c1ccc(Cl)cc1Cl. The van der Waals surface area contributed by atoms with E-state index in [1.54, 1.807) is 38.2 Å². The molecule has 24 heavy (non-hydrogen) atoms. The van der Waals surface area contributed by atoms with Crippen LogP contribution in [0.1, 0.15) is 21.6 Å². The Labute approximate surface area is 149 Å². The molecule has 0 amide bonds. The van der Waals surface area contributed by atoms with Crippen molar-refractivity contribution in [1.29, 1.82) is 0 Å². The minimum Gasteiger partial charge on any atom is -0.438 e. The molecule has 1 aromatic heterocycles. The van der Waals surface area contributed by atoms with Crippen LogP contribution in [-0.2, 0) is 7.05 Å². The predicted octanol–water partition coefficient (Wildman–Crippen LogP) is 4.86. The summed E-state index contributed by atoms with van der Waals surface area (Å²) in [5.74, 6) is 0.566. The number of para-hydroxylation sites is 1. The summed E-state index contributed by atoms with van der Waals surface area (Å²) in [6.45, 7) is 1.75. The zero-order chi connectivity index (χ0) is 17.3. The Morgan fingerprint density at radius 3 is 2.71 bits per heavy atom. The summed E-state index contributed by atoms with van der Waals surface area (Å²) in [6.07, 6.45) is 0. The summed E-state index contributed by atoms with van der Waals surface area (Å²) >= 11 is 12.1. The lowest BCUT2D eigenvalue weighted by atomic mass is 10.0. The first-order valence-corrected chi connectivity index (χ1v) is 7.91. The Morgan fingerprint density at radius 2 is 2.04 bits per heavy atom. The van der Waals surface area contributed by atoms with Gasteiger partial charge in [0.25, 0.3) is 0 Å². The second kappa shape index (κ2) is 6.67. The molecule has 0 aliphatic rings. The van der Waals surface area contributed by atoms with Gasteiger partial charge >= 0.3 is 0 Å². The van der Waals surface area contributed by atoms with Crippen molar-refractivity contribution in [3.8, 4) is 11.6 Å². The van der Waals surface area contributed by atoms with E-state index in [9.17, 15) is 4.79 Å². The Bertz CT molecular complexity index is 905. The summed E-state index contributed by atoms with van der Waals surface area (Å²) in [6, 6.07) is 14.9. The quantitative estimate of drug-likeness (QED) is 0.624. The Hall–Kier alpha value is -2.30. The minimum atomic E-state index is -0.270. The van der Waals surface area contributed by atoms with E-state index in [4.69, 9.17) is 27.9 Å². The normalized spacial score (nSPS) is 10.7. The number of nitrogens with zero attached hydrogens (tertiary/aromatic N) is 2. The molecule has 1 heterocycles. The van der Waals surface area contributed by atoms with Crippen LogP contribution in [0.15, 0.2) is 42.5 Å². The van der Waals surface area contributed by atoms with Crippen molar-refractivity contribution >= 4 is 29.0 Å². The molecular weight excluding hydrogens is 347 g/mol. The molecule has 0 unspecified atom stereocenters. The molecule has 2 aromatic carbocycles. The van der Waals surface area contributed by atoms with E-state index >= 15 is 0 Å². The number of rotatable bonds is 4. The van der Waals surface area contributed by atoms with Crippen LogP contribution in [0.3, 0.4) is 0 Å². The van der Waals surface area contributed by atoms with E-state index < -0.39 is 0 Å². The van der Waals surface area contributed by atoms with Gasteiger partial charge in [-0.25, -0.2) is 4.68 Å². The summed E-state index contributed by atoms with van der Waals surface area (Å²) in [4.78, 5) is 13.0. The molecule has 0 N–H and O–H groups in total. The third-order valence-corrected chi connectivity index (χ3v) is 4.01. The number of aryl methyl sites for hydroxylation is 2. The van der Waals surface area contributed by atoms with Crippen LogP contribution in [-0.4, -0.2) is 15.6 Å². The Kier molecular flexibility index (Phi) is 4.60. The van der Waals surface area contributed by atoms with Crippen LogP contribution in [0.5, 0.6) is 11.6 Å². The lowest BCUT2D eigenvalue weighted by Crippen LogP contribution is -2.06. The van der Waals surface area contributed by atoms with Crippen molar-refractivity contribution in [2.75, 3.05) is 0 Å². The molecule has 0 aliphatic heterocycles. The Morgan fingerprint density at radius 1 is 1.25 bits per heavy atom. The number of carbonyl (C=O) groups is 1. The maximum atomic E-state index is 13.0. The molecule has 0 saturated heterocycles. The van der Waals surface area contributed by atoms with Crippen molar-refractivity contribution in [3.05, 3.63) is 75.4 Å². The molecule has 0 aliphatic carbocycles. The van der Waals surface area contributed by atoms with Gasteiger partial charge in [0.1, 0.15) is 11.3 Å². The summed E-state index contributed by atoms with van der Waals surface area (Å²) in [5, 5.41) is 5.04.